The molecule has 0 saturated heterocycles. The van der Waals surface area contributed by atoms with Gasteiger partial charge in [0.1, 0.15) is 0 Å². The van der Waals surface area contributed by atoms with Crippen LogP contribution in [0.25, 0.3) is 0 Å². The molecule has 0 spiro atoms. The summed E-state index contributed by atoms with van der Waals surface area (Å²) in [4.78, 5) is 0. The van der Waals surface area contributed by atoms with Crippen LogP contribution in [0.1, 0.15) is 32.6 Å². The van der Waals surface area contributed by atoms with Crippen molar-refractivity contribution in [2.24, 2.45) is 0 Å². The Kier molecular flexibility index (Phi) is 4.35. The molecule has 1 aromatic heterocycles. The molecule has 0 aromatic carbocycles. The highest BCUT2D eigenvalue weighted by Crippen LogP contribution is 2.12. The maximum Gasteiger partial charge on any atom is 0.267 e. The Morgan fingerprint density at radius 1 is 1.38 bits per heavy atom. The van der Waals surface area contributed by atoms with Crippen molar-refractivity contribution in [3.05, 3.63) is 10.6 Å². The molecule has 0 atom stereocenters. The fourth-order valence-corrected chi connectivity index (χ4v) is 1.44. The number of aromatic nitrogens is 3. The number of aryl methyl sites for hydroxylation is 1. The van der Waals surface area contributed by atoms with Gasteiger partial charge in [0, 0.05) is 6.54 Å². The average Bonchev–Trinajstić information content (AvgIpc) is 2.43. The van der Waals surface area contributed by atoms with Crippen molar-refractivity contribution in [2.45, 2.75) is 39.2 Å². The molecule has 1 rings (SSSR count). The topological polar surface area (TPSA) is 30.7 Å². The summed E-state index contributed by atoms with van der Waals surface area (Å²) in [5.74, 6) is -0.532. The van der Waals surface area contributed by atoms with E-state index in [0.717, 1.165) is 19.4 Å². The molecule has 1 heterocycles. The third-order valence-corrected chi connectivity index (χ3v) is 2.60. The molecule has 0 bridgehead atoms. The van der Waals surface area contributed by atoms with Gasteiger partial charge in [-0.3, -0.25) is 0 Å². The zero-order chi connectivity index (χ0) is 9.68. The lowest BCUT2D eigenvalue weighted by Gasteiger charge is -2.00. The second-order valence-electron chi connectivity index (χ2n) is 2.95. The molecule has 0 radical (unpaired) electrons. The summed E-state index contributed by atoms with van der Waals surface area (Å²) in [5.41, 5.74) is 0. The SMILES string of the molecule is CCCCCCn1nnc(F)c1Br. The van der Waals surface area contributed by atoms with Gasteiger partial charge in [-0.1, -0.05) is 36.5 Å². The summed E-state index contributed by atoms with van der Waals surface area (Å²) in [6.45, 7) is 2.89. The fraction of sp³-hybridized carbons (Fsp3) is 0.750. The highest BCUT2D eigenvalue weighted by Gasteiger charge is 2.07. The fourth-order valence-electron chi connectivity index (χ4n) is 1.11. The first-order valence-electron chi connectivity index (χ1n) is 4.50. The van der Waals surface area contributed by atoms with E-state index in [0.29, 0.717) is 4.60 Å². The van der Waals surface area contributed by atoms with Crippen molar-refractivity contribution >= 4 is 15.9 Å². The van der Waals surface area contributed by atoms with Crippen molar-refractivity contribution in [1.82, 2.24) is 15.0 Å². The van der Waals surface area contributed by atoms with Crippen LogP contribution in [0.2, 0.25) is 0 Å². The predicted octanol–water partition coefficient (Wildman–Crippen LogP) is 2.76. The number of unbranched alkanes of at least 4 members (excludes halogenated alkanes) is 3. The van der Waals surface area contributed by atoms with Crippen molar-refractivity contribution in [3.8, 4) is 0 Å². The molecule has 0 aliphatic carbocycles. The van der Waals surface area contributed by atoms with Crippen LogP contribution < -0.4 is 0 Å². The molecule has 3 nitrogen and oxygen atoms in total. The summed E-state index contributed by atoms with van der Waals surface area (Å²) in [6.07, 6.45) is 4.60. The monoisotopic (exact) mass is 249 g/mol. The van der Waals surface area contributed by atoms with Gasteiger partial charge < -0.3 is 0 Å². The number of hydrogen-bond acceptors (Lipinski definition) is 2. The van der Waals surface area contributed by atoms with Gasteiger partial charge in [-0.05, 0) is 22.4 Å². The second kappa shape index (κ2) is 5.32. The molecular weight excluding hydrogens is 237 g/mol. The molecule has 0 saturated carbocycles. The Morgan fingerprint density at radius 3 is 2.69 bits per heavy atom. The van der Waals surface area contributed by atoms with E-state index in [1.807, 2.05) is 0 Å². The Labute approximate surface area is 85.4 Å². The van der Waals surface area contributed by atoms with Crippen molar-refractivity contribution < 1.29 is 4.39 Å². The molecule has 5 heteroatoms. The summed E-state index contributed by atoms with van der Waals surface area (Å²) in [5, 5.41) is 6.97. The first-order valence-corrected chi connectivity index (χ1v) is 5.29. The third-order valence-electron chi connectivity index (χ3n) is 1.86. The maximum atomic E-state index is 12.7. The van der Waals surface area contributed by atoms with Gasteiger partial charge in [-0.25, -0.2) is 4.68 Å². The van der Waals surface area contributed by atoms with E-state index in [2.05, 4.69) is 33.2 Å². The van der Waals surface area contributed by atoms with Crippen LogP contribution in [-0.2, 0) is 6.54 Å². The minimum atomic E-state index is -0.532. The Hall–Kier alpha value is -0.450. The van der Waals surface area contributed by atoms with E-state index in [1.165, 1.54) is 12.8 Å². The highest BCUT2D eigenvalue weighted by molar-refractivity contribution is 9.10. The highest BCUT2D eigenvalue weighted by atomic mass is 79.9. The quantitative estimate of drug-likeness (QED) is 0.752. The van der Waals surface area contributed by atoms with Crippen molar-refractivity contribution in [3.63, 3.8) is 0 Å². The lowest BCUT2D eigenvalue weighted by atomic mass is 10.2. The van der Waals surface area contributed by atoms with E-state index in [-0.39, 0.29) is 0 Å². The largest absolute Gasteiger partial charge is 0.267 e. The summed E-state index contributed by atoms with van der Waals surface area (Å²) >= 11 is 3.08. The van der Waals surface area contributed by atoms with Crippen LogP contribution in [-0.4, -0.2) is 15.0 Å². The molecule has 0 N–H and O–H groups in total. The van der Waals surface area contributed by atoms with Crippen LogP contribution in [0, 0.1) is 5.95 Å². The van der Waals surface area contributed by atoms with Gasteiger partial charge >= 0.3 is 0 Å². The van der Waals surface area contributed by atoms with E-state index >= 15 is 0 Å². The minimum Gasteiger partial charge on any atom is -0.235 e. The van der Waals surface area contributed by atoms with Crippen LogP contribution >= 0.6 is 15.9 Å². The zero-order valence-electron chi connectivity index (χ0n) is 7.63. The molecular formula is C8H13BrFN3. The van der Waals surface area contributed by atoms with Gasteiger partial charge in [0.15, 0.2) is 4.60 Å². The standard InChI is InChI=1S/C8H13BrFN3/c1-2-3-4-5-6-13-7(9)8(10)11-12-13/h2-6H2,1H3. The van der Waals surface area contributed by atoms with Gasteiger partial charge in [0.2, 0.25) is 0 Å². The predicted molar refractivity (Wildman–Crippen MR) is 51.8 cm³/mol. The van der Waals surface area contributed by atoms with Gasteiger partial charge in [-0.2, -0.15) is 4.39 Å². The molecule has 74 valence electrons. The lowest BCUT2D eigenvalue weighted by Crippen LogP contribution is -2.00. The van der Waals surface area contributed by atoms with E-state index in [4.69, 9.17) is 0 Å². The van der Waals surface area contributed by atoms with E-state index in [1.54, 1.807) is 4.68 Å². The Morgan fingerprint density at radius 2 is 2.15 bits per heavy atom. The Balaban J connectivity index is 2.32. The summed E-state index contributed by atoms with van der Waals surface area (Å²) in [7, 11) is 0. The Bertz CT molecular complexity index is 262. The average molecular weight is 250 g/mol. The molecule has 0 amide bonds. The smallest absolute Gasteiger partial charge is 0.235 e. The molecule has 1 aromatic rings. The van der Waals surface area contributed by atoms with Crippen molar-refractivity contribution in [2.75, 3.05) is 0 Å². The molecule has 13 heavy (non-hydrogen) atoms. The second-order valence-corrected chi connectivity index (χ2v) is 3.71. The first kappa shape index (κ1) is 10.6. The molecule has 0 aliphatic heterocycles. The molecule has 0 unspecified atom stereocenters. The molecule has 0 fully saturated rings. The van der Waals surface area contributed by atoms with E-state index in [9.17, 15) is 4.39 Å². The third kappa shape index (κ3) is 3.06. The van der Waals surface area contributed by atoms with E-state index < -0.39 is 5.95 Å². The summed E-state index contributed by atoms with van der Waals surface area (Å²) in [6, 6.07) is 0. The van der Waals surface area contributed by atoms with Crippen molar-refractivity contribution in [1.29, 1.82) is 0 Å². The zero-order valence-corrected chi connectivity index (χ0v) is 9.22. The minimum absolute atomic E-state index is 0.351. The number of hydrogen-bond donors (Lipinski definition) is 0. The van der Waals surface area contributed by atoms with Gasteiger partial charge in [-0.15, -0.1) is 0 Å². The first-order chi connectivity index (χ1) is 6.25. The van der Waals surface area contributed by atoms with Gasteiger partial charge in [0.05, 0.1) is 0 Å². The van der Waals surface area contributed by atoms with Crippen LogP contribution in [0.15, 0.2) is 4.60 Å². The summed E-state index contributed by atoms with van der Waals surface area (Å²) < 4.78 is 14.6. The van der Waals surface area contributed by atoms with Crippen LogP contribution in [0.4, 0.5) is 4.39 Å². The number of rotatable bonds is 5. The number of nitrogens with zero attached hydrogens (tertiary/aromatic N) is 3. The maximum absolute atomic E-state index is 12.7. The van der Waals surface area contributed by atoms with Crippen LogP contribution in [0.5, 0.6) is 0 Å². The van der Waals surface area contributed by atoms with Crippen LogP contribution in [0.3, 0.4) is 0 Å². The molecule has 0 aliphatic rings. The van der Waals surface area contributed by atoms with Gasteiger partial charge in [0.25, 0.3) is 5.95 Å². The normalized spacial score (nSPS) is 10.7. The number of halogens is 2. The lowest BCUT2D eigenvalue weighted by molar-refractivity contribution is 0.520.